The number of aldehydes is 1. The highest BCUT2D eigenvalue weighted by molar-refractivity contribution is 6.32. The largest absolute Gasteiger partial charge is 0.357 e. The van der Waals surface area contributed by atoms with Crippen LogP contribution in [0.25, 0.3) is 0 Å². The maximum absolute atomic E-state index is 12.8. The summed E-state index contributed by atoms with van der Waals surface area (Å²) in [6, 6.07) is 2.94. The first-order valence-electron chi connectivity index (χ1n) is 7.99. The molecule has 1 saturated carbocycles. The number of amides is 2. The van der Waals surface area contributed by atoms with E-state index in [9.17, 15) is 14.4 Å². The zero-order valence-electron chi connectivity index (χ0n) is 13.5. The molecule has 6 nitrogen and oxygen atoms in total. The predicted molar refractivity (Wildman–Crippen MR) is 89.6 cm³/mol. The number of rotatable bonds is 6. The third-order valence-corrected chi connectivity index (χ3v) is 5.20. The smallest absolute Gasteiger partial charge is 0.255 e. The highest BCUT2D eigenvalue weighted by Gasteiger charge is 2.43. The first-order chi connectivity index (χ1) is 11.4. The van der Waals surface area contributed by atoms with Crippen molar-refractivity contribution in [2.24, 2.45) is 5.73 Å². The second kappa shape index (κ2) is 6.18. The molecule has 1 fully saturated rings. The van der Waals surface area contributed by atoms with Gasteiger partial charge in [-0.15, -0.1) is 0 Å². The van der Waals surface area contributed by atoms with Crippen LogP contribution in [-0.2, 0) is 21.7 Å². The van der Waals surface area contributed by atoms with Crippen LogP contribution < -0.4 is 11.1 Å². The van der Waals surface area contributed by atoms with Crippen molar-refractivity contribution in [3.8, 4) is 0 Å². The summed E-state index contributed by atoms with van der Waals surface area (Å²) >= 11 is 6.37. The molecule has 7 heteroatoms. The molecule has 2 amide bonds. The standard InChI is InChI=1S/C17H20ClN3O3/c1-20-15(23)14(3-2-6-22)21-9-12-11(16(21)24)7-10(8-13(12)18)17(19)4-5-17/h6-8,14H,2-5,9,19H2,1H3,(H,20,23). The molecule has 1 aliphatic carbocycles. The third kappa shape index (κ3) is 2.80. The molecule has 1 unspecified atom stereocenters. The molecule has 1 aromatic carbocycles. The van der Waals surface area contributed by atoms with Gasteiger partial charge in [-0.1, -0.05) is 11.6 Å². The molecular formula is C17H20ClN3O3. The number of nitrogens with one attached hydrogen (secondary N) is 1. The van der Waals surface area contributed by atoms with E-state index in [1.54, 1.807) is 6.07 Å². The van der Waals surface area contributed by atoms with E-state index in [2.05, 4.69) is 5.32 Å². The molecule has 2 aliphatic rings. The third-order valence-electron chi connectivity index (χ3n) is 4.86. The summed E-state index contributed by atoms with van der Waals surface area (Å²) in [4.78, 5) is 37.1. The second-order valence-electron chi connectivity index (χ2n) is 6.45. The minimum Gasteiger partial charge on any atom is -0.357 e. The lowest BCUT2D eigenvalue weighted by Gasteiger charge is -2.25. The molecule has 3 rings (SSSR count). The van der Waals surface area contributed by atoms with E-state index in [4.69, 9.17) is 17.3 Å². The van der Waals surface area contributed by atoms with Crippen LogP contribution in [-0.4, -0.2) is 36.1 Å². The number of hydrogen-bond acceptors (Lipinski definition) is 4. The monoisotopic (exact) mass is 349 g/mol. The Kier molecular flexibility index (Phi) is 4.36. The van der Waals surface area contributed by atoms with Gasteiger partial charge in [0.1, 0.15) is 12.3 Å². The summed E-state index contributed by atoms with van der Waals surface area (Å²) in [7, 11) is 1.51. The van der Waals surface area contributed by atoms with Crippen LogP contribution in [0.15, 0.2) is 12.1 Å². The van der Waals surface area contributed by atoms with Gasteiger partial charge in [0.25, 0.3) is 5.91 Å². The number of carbonyl (C=O) groups is 3. The van der Waals surface area contributed by atoms with Gasteiger partial charge in [0.15, 0.2) is 0 Å². The quantitative estimate of drug-likeness (QED) is 0.758. The average Bonchev–Trinajstić information content (AvgIpc) is 3.24. The van der Waals surface area contributed by atoms with Crippen LogP contribution in [0.3, 0.4) is 0 Å². The first-order valence-corrected chi connectivity index (χ1v) is 8.37. The van der Waals surface area contributed by atoms with Gasteiger partial charge in [-0.3, -0.25) is 9.59 Å². The highest BCUT2D eigenvalue weighted by Crippen LogP contribution is 2.45. The summed E-state index contributed by atoms with van der Waals surface area (Å²) in [5.74, 6) is -0.524. The minimum absolute atomic E-state index is 0.211. The van der Waals surface area contributed by atoms with Gasteiger partial charge in [-0.05, 0) is 37.0 Å². The molecule has 128 valence electrons. The fourth-order valence-electron chi connectivity index (χ4n) is 3.17. The van der Waals surface area contributed by atoms with E-state index in [1.807, 2.05) is 6.07 Å². The molecule has 1 atom stereocenters. The summed E-state index contributed by atoms with van der Waals surface area (Å²) in [5, 5.41) is 3.06. The molecule has 0 spiro atoms. The van der Waals surface area contributed by atoms with Crippen molar-refractivity contribution < 1.29 is 14.4 Å². The van der Waals surface area contributed by atoms with Gasteiger partial charge in [-0.25, -0.2) is 0 Å². The van der Waals surface area contributed by atoms with Crippen molar-refractivity contribution in [1.29, 1.82) is 0 Å². The minimum atomic E-state index is -0.688. The van der Waals surface area contributed by atoms with E-state index in [1.165, 1.54) is 11.9 Å². The molecular weight excluding hydrogens is 330 g/mol. The predicted octanol–water partition coefficient (Wildman–Crippen LogP) is 1.34. The van der Waals surface area contributed by atoms with Crippen molar-refractivity contribution in [1.82, 2.24) is 10.2 Å². The zero-order valence-corrected chi connectivity index (χ0v) is 14.2. The van der Waals surface area contributed by atoms with E-state index < -0.39 is 6.04 Å². The Hall–Kier alpha value is -1.92. The maximum atomic E-state index is 12.8. The van der Waals surface area contributed by atoms with E-state index in [0.29, 0.717) is 10.6 Å². The molecule has 24 heavy (non-hydrogen) atoms. The van der Waals surface area contributed by atoms with E-state index >= 15 is 0 Å². The van der Waals surface area contributed by atoms with E-state index in [0.717, 1.165) is 30.3 Å². The molecule has 1 aromatic rings. The number of nitrogens with zero attached hydrogens (tertiary/aromatic N) is 1. The Balaban J connectivity index is 1.93. The molecule has 0 bridgehead atoms. The molecule has 0 radical (unpaired) electrons. The van der Waals surface area contributed by atoms with Crippen LogP contribution >= 0.6 is 11.6 Å². The summed E-state index contributed by atoms with van der Waals surface area (Å²) < 4.78 is 0. The second-order valence-corrected chi connectivity index (χ2v) is 6.85. The molecule has 0 saturated heterocycles. The Morgan fingerprint density at radius 2 is 2.21 bits per heavy atom. The van der Waals surface area contributed by atoms with Crippen molar-refractivity contribution in [3.05, 3.63) is 33.8 Å². The van der Waals surface area contributed by atoms with Crippen LogP contribution in [0.2, 0.25) is 5.02 Å². The Bertz CT molecular complexity index is 715. The zero-order chi connectivity index (χ0) is 17.5. The SMILES string of the molecule is CNC(=O)C(CCC=O)N1Cc2c(Cl)cc(C3(N)CC3)cc2C1=O. The van der Waals surface area contributed by atoms with Gasteiger partial charge in [0.2, 0.25) is 5.91 Å². The van der Waals surface area contributed by atoms with Crippen LogP contribution in [0, 0.1) is 0 Å². The van der Waals surface area contributed by atoms with Crippen molar-refractivity contribution in [2.45, 2.75) is 43.8 Å². The molecule has 3 N–H and O–H groups in total. The number of nitrogens with two attached hydrogens (primary N) is 1. The van der Waals surface area contributed by atoms with Crippen LogP contribution in [0.4, 0.5) is 0 Å². The van der Waals surface area contributed by atoms with Gasteiger partial charge in [-0.2, -0.15) is 0 Å². The van der Waals surface area contributed by atoms with Crippen LogP contribution in [0.5, 0.6) is 0 Å². The van der Waals surface area contributed by atoms with Crippen molar-refractivity contribution >= 4 is 29.7 Å². The van der Waals surface area contributed by atoms with Gasteiger partial charge in [0, 0.05) is 41.7 Å². The number of benzene rings is 1. The van der Waals surface area contributed by atoms with Crippen molar-refractivity contribution in [2.75, 3.05) is 7.05 Å². The lowest BCUT2D eigenvalue weighted by atomic mass is 10.00. The summed E-state index contributed by atoms with van der Waals surface area (Å²) in [6.07, 6.45) is 3.00. The summed E-state index contributed by atoms with van der Waals surface area (Å²) in [5.41, 5.74) is 7.93. The lowest BCUT2D eigenvalue weighted by Crippen LogP contribution is -2.46. The molecule has 1 aliphatic heterocycles. The van der Waals surface area contributed by atoms with Crippen molar-refractivity contribution in [3.63, 3.8) is 0 Å². The normalized spacial score (nSPS) is 19.0. The molecule has 1 heterocycles. The topological polar surface area (TPSA) is 92.5 Å². The number of halogens is 1. The van der Waals surface area contributed by atoms with Crippen LogP contribution in [0.1, 0.15) is 47.2 Å². The highest BCUT2D eigenvalue weighted by atomic mass is 35.5. The summed E-state index contributed by atoms with van der Waals surface area (Å²) in [6.45, 7) is 0.266. The van der Waals surface area contributed by atoms with Gasteiger partial charge < -0.3 is 20.7 Å². The van der Waals surface area contributed by atoms with Gasteiger partial charge >= 0.3 is 0 Å². The number of fused-ring (bicyclic) bond motifs is 1. The van der Waals surface area contributed by atoms with E-state index in [-0.39, 0.29) is 36.7 Å². The average molecular weight is 350 g/mol. The lowest BCUT2D eigenvalue weighted by molar-refractivity contribution is -0.125. The Morgan fingerprint density at radius 3 is 2.79 bits per heavy atom. The first kappa shape index (κ1) is 16.9. The number of carbonyl (C=O) groups excluding carboxylic acids is 3. The van der Waals surface area contributed by atoms with Gasteiger partial charge in [0.05, 0.1) is 0 Å². The fraction of sp³-hybridized carbons (Fsp3) is 0.471. The maximum Gasteiger partial charge on any atom is 0.255 e. The number of hydrogen-bond donors (Lipinski definition) is 2. The Morgan fingerprint density at radius 1 is 1.50 bits per heavy atom. The fourth-order valence-corrected chi connectivity index (χ4v) is 3.45. The number of likely N-dealkylation sites (N-methyl/N-ethyl adjacent to an activating group) is 1. The Labute approximate surface area is 145 Å². The molecule has 0 aromatic heterocycles.